The van der Waals surface area contributed by atoms with Crippen molar-refractivity contribution in [3.8, 4) is 5.75 Å². The number of hydrogen-bond donors (Lipinski definition) is 3. The van der Waals surface area contributed by atoms with Gasteiger partial charge in [-0.2, -0.15) is 8.78 Å². The average Bonchev–Trinajstić information content (AvgIpc) is 2.28. The molecule has 0 aliphatic carbocycles. The zero-order valence-corrected chi connectivity index (χ0v) is 8.96. The topological polar surface area (TPSA) is 69.9 Å². The third-order valence-electron chi connectivity index (χ3n) is 2.21. The summed E-state index contributed by atoms with van der Waals surface area (Å²) >= 11 is 0. The zero-order valence-electron chi connectivity index (χ0n) is 8.96. The van der Waals surface area contributed by atoms with Gasteiger partial charge in [0.25, 0.3) is 0 Å². The zero-order chi connectivity index (χ0) is 12.8. The lowest BCUT2D eigenvalue weighted by atomic mass is 10.0. The molecule has 0 radical (unpaired) electrons. The van der Waals surface area contributed by atoms with Gasteiger partial charge in [-0.25, -0.2) is 0 Å². The lowest BCUT2D eigenvalue weighted by molar-refractivity contribution is -0.0501. The van der Waals surface area contributed by atoms with Gasteiger partial charge in [0, 0.05) is 6.61 Å². The van der Waals surface area contributed by atoms with Gasteiger partial charge < -0.3 is 20.1 Å². The first-order chi connectivity index (χ1) is 8.04. The third kappa shape index (κ3) is 4.26. The van der Waals surface area contributed by atoms with Gasteiger partial charge in [0.2, 0.25) is 0 Å². The molecule has 0 aliphatic rings. The molecular formula is C11H14F2O4. The van der Waals surface area contributed by atoms with Gasteiger partial charge in [0.05, 0.1) is 6.10 Å². The molecule has 0 saturated carbocycles. The molecule has 96 valence electrons. The molecule has 0 saturated heterocycles. The summed E-state index contributed by atoms with van der Waals surface area (Å²) in [5, 5.41) is 27.7. The Bertz CT molecular complexity index is 346. The Morgan fingerprint density at radius 3 is 2.53 bits per heavy atom. The molecule has 0 fully saturated rings. The molecular weight excluding hydrogens is 234 g/mol. The molecule has 0 aromatic heterocycles. The van der Waals surface area contributed by atoms with Gasteiger partial charge in [0.15, 0.2) is 0 Å². The minimum atomic E-state index is -2.94. The van der Waals surface area contributed by atoms with E-state index in [1.807, 2.05) is 0 Å². The van der Waals surface area contributed by atoms with E-state index in [1.54, 1.807) is 0 Å². The summed E-state index contributed by atoms with van der Waals surface area (Å²) < 4.78 is 28.1. The Morgan fingerprint density at radius 2 is 1.94 bits per heavy atom. The maximum Gasteiger partial charge on any atom is 0.387 e. The van der Waals surface area contributed by atoms with Crippen LogP contribution < -0.4 is 4.74 Å². The van der Waals surface area contributed by atoms with E-state index < -0.39 is 18.8 Å². The molecule has 1 aromatic rings. The monoisotopic (exact) mass is 248 g/mol. The van der Waals surface area contributed by atoms with Crippen LogP contribution >= 0.6 is 0 Å². The van der Waals surface area contributed by atoms with E-state index >= 15 is 0 Å². The molecule has 0 spiro atoms. The van der Waals surface area contributed by atoms with Crippen LogP contribution in [-0.4, -0.2) is 34.6 Å². The molecule has 1 rings (SSSR count). The minimum Gasteiger partial charge on any atom is -0.435 e. The molecule has 1 aromatic carbocycles. The van der Waals surface area contributed by atoms with Crippen molar-refractivity contribution in [2.45, 2.75) is 25.2 Å². The van der Waals surface area contributed by atoms with Crippen molar-refractivity contribution in [2.24, 2.45) is 0 Å². The van der Waals surface area contributed by atoms with Crippen LogP contribution in [0, 0.1) is 0 Å². The van der Waals surface area contributed by atoms with Crippen LogP contribution in [0.25, 0.3) is 0 Å². The van der Waals surface area contributed by atoms with Crippen molar-refractivity contribution in [1.29, 1.82) is 0 Å². The quantitative estimate of drug-likeness (QED) is 0.704. The highest BCUT2D eigenvalue weighted by Crippen LogP contribution is 2.23. The lowest BCUT2D eigenvalue weighted by Gasteiger charge is -2.17. The molecule has 2 atom stereocenters. The largest absolute Gasteiger partial charge is 0.435 e. The number of benzene rings is 1. The van der Waals surface area contributed by atoms with Crippen molar-refractivity contribution in [3.63, 3.8) is 0 Å². The van der Waals surface area contributed by atoms with Crippen molar-refractivity contribution >= 4 is 0 Å². The van der Waals surface area contributed by atoms with E-state index in [4.69, 9.17) is 5.11 Å². The second-order valence-corrected chi connectivity index (χ2v) is 3.48. The second-order valence-electron chi connectivity index (χ2n) is 3.48. The Balaban J connectivity index is 2.76. The maximum atomic E-state index is 12.0. The Hall–Kier alpha value is -1.24. The summed E-state index contributed by atoms with van der Waals surface area (Å²) in [5.41, 5.74) is 0.254. The van der Waals surface area contributed by atoms with E-state index in [1.165, 1.54) is 24.3 Å². The van der Waals surface area contributed by atoms with Crippen LogP contribution in [0.3, 0.4) is 0 Å². The van der Waals surface area contributed by atoms with Gasteiger partial charge in [-0.1, -0.05) is 12.1 Å². The summed E-state index contributed by atoms with van der Waals surface area (Å²) in [6.07, 6.45) is -2.40. The fraction of sp³-hybridized carbons (Fsp3) is 0.455. The summed E-state index contributed by atoms with van der Waals surface area (Å²) in [5.74, 6) is -0.0900. The molecule has 0 bridgehead atoms. The fourth-order valence-corrected chi connectivity index (χ4v) is 1.39. The van der Waals surface area contributed by atoms with Gasteiger partial charge in [0.1, 0.15) is 11.9 Å². The Labute approximate surface area is 97.1 Å². The highest BCUT2D eigenvalue weighted by Gasteiger charge is 2.18. The predicted octanol–water partition coefficient (Wildman–Crippen LogP) is 1.06. The first-order valence-electron chi connectivity index (χ1n) is 5.06. The predicted molar refractivity (Wildman–Crippen MR) is 55.7 cm³/mol. The van der Waals surface area contributed by atoms with Crippen LogP contribution in [0.2, 0.25) is 0 Å². The SMILES string of the molecule is OCCC(O)C(O)c1cccc(OC(F)F)c1. The van der Waals surface area contributed by atoms with Crippen molar-refractivity contribution in [3.05, 3.63) is 29.8 Å². The average molecular weight is 248 g/mol. The standard InChI is InChI=1S/C11H14F2O4/c12-11(13)17-8-3-1-2-7(6-8)10(16)9(15)4-5-14/h1-3,6,9-11,14-16H,4-5H2. The molecule has 0 aliphatic heterocycles. The van der Waals surface area contributed by atoms with E-state index in [0.717, 1.165) is 0 Å². The van der Waals surface area contributed by atoms with E-state index in [0.29, 0.717) is 0 Å². The van der Waals surface area contributed by atoms with Crippen molar-refractivity contribution in [2.75, 3.05) is 6.61 Å². The van der Waals surface area contributed by atoms with Gasteiger partial charge >= 0.3 is 6.61 Å². The molecule has 0 amide bonds. The van der Waals surface area contributed by atoms with Gasteiger partial charge in [-0.05, 0) is 24.1 Å². The number of aliphatic hydroxyl groups is 3. The normalized spacial score (nSPS) is 14.7. The number of halogens is 2. The fourth-order valence-electron chi connectivity index (χ4n) is 1.39. The van der Waals surface area contributed by atoms with Crippen LogP contribution in [0.4, 0.5) is 8.78 Å². The molecule has 4 nitrogen and oxygen atoms in total. The highest BCUT2D eigenvalue weighted by molar-refractivity contribution is 5.30. The van der Waals surface area contributed by atoms with Crippen LogP contribution in [-0.2, 0) is 0 Å². The highest BCUT2D eigenvalue weighted by atomic mass is 19.3. The maximum absolute atomic E-state index is 12.0. The van der Waals surface area contributed by atoms with Crippen molar-refractivity contribution < 1.29 is 28.8 Å². The lowest BCUT2D eigenvalue weighted by Crippen LogP contribution is -2.19. The molecule has 17 heavy (non-hydrogen) atoms. The van der Waals surface area contributed by atoms with Crippen molar-refractivity contribution in [1.82, 2.24) is 0 Å². The Kier molecular flexibility index (Phi) is 5.27. The molecule has 3 N–H and O–H groups in total. The first-order valence-corrected chi connectivity index (χ1v) is 5.06. The number of aliphatic hydroxyl groups excluding tert-OH is 3. The smallest absolute Gasteiger partial charge is 0.387 e. The second kappa shape index (κ2) is 6.48. The summed E-state index contributed by atoms with van der Waals surface area (Å²) in [6.45, 7) is -3.21. The molecule has 0 heterocycles. The number of rotatable bonds is 6. The number of hydrogen-bond acceptors (Lipinski definition) is 4. The van der Waals surface area contributed by atoms with Gasteiger partial charge in [-0.15, -0.1) is 0 Å². The summed E-state index contributed by atoms with van der Waals surface area (Å²) in [7, 11) is 0. The van der Waals surface area contributed by atoms with Gasteiger partial charge in [-0.3, -0.25) is 0 Å². The summed E-state index contributed by atoms with van der Waals surface area (Å²) in [4.78, 5) is 0. The molecule has 2 unspecified atom stereocenters. The molecule has 6 heteroatoms. The number of alkyl halides is 2. The summed E-state index contributed by atoms with van der Waals surface area (Å²) in [6, 6.07) is 5.45. The van der Waals surface area contributed by atoms with Crippen LogP contribution in [0.15, 0.2) is 24.3 Å². The Morgan fingerprint density at radius 1 is 1.24 bits per heavy atom. The van der Waals surface area contributed by atoms with Crippen LogP contribution in [0.5, 0.6) is 5.75 Å². The first kappa shape index (κ1) is 13.8. The van der Waals surface area contributed by atoms with E-state index in [9.17, 15) is 19.0 Å². The number of ether oxygens (including phenoxy) is 1. The third-order valence-corrected chi connectivity index (χ3v) is 2.21. The van der Waals surface area contributed by atoms with E-state index in [2.05, 4.69) is 4.74 Å². The minimum absolute atomic E-state index is 0.00109. The van der Waals surface area contributed by atoms with E-state index in [-0.39, 0.29) is 24.3 Å². The van der Waals surface area contributed by atoms with Crippen LogP contribution in [0.1, 0.15) is 18.1 Å².